The molecule has 1 aromatic carbocycles. The third kappa shape index (κ3) is 1.30. The third-order valence-corrected chi connectivity index (χ3v) is 4.68. The number of carboxylic acids is 1. The SMILES string of the molecule is Cc1c(C(=O)O)[se]c2ccccc12. The van der Waals surface area contributed by atoms with E-state index >= 15 is 0 Å². The van der Waals surface area contributed by atoms with Gasteiger partial charge in [-0.15, -0.1) is 0 Å². The number of hydrogen-bond donors (Lipinski definition) is 1. The minimum absolute atomic E-state index is 0.00743. The Bertz CT molecular complexity index is 471. The first kappa shape index (κ1) is 8.54. The van der Waals surface area contributed by atoms with Crippen LogP contribution < -0.4 is 0 Å². The molecule has 0 atom stereocenters. The molecule has 0 bridgehead atoms. The predicted octanol–water partition coefficient (Wildman–Crippen LogP) is 1.90. The van der Waals surface area contributed by atoms with Crippen LogP contribution in [0.25, 0.3) is 9.65 Å². The molecule has 0 fully saturated rings. The van der Waals surface area contributed by atoms with Crippen LogP contribution in [0.1, 0.15) is 14.8 Å². The van der Waals surface area contributed by atoms with E-state index in [1.807, 2.05) is 31.2 Å². The number of hydrogen-bond acceptors (Lipinski definition) is 1. The Hall–Kier alpha value is -1.05. The fourth-order valence-corrected chi connectivity index (χ4v) is 3.58. The number of benzene rings is 1. The summed E-state index contributed by atoms with van der Waals surface area (Å²) in [6, 6.07) is 7.90. The molecule has 2 nitrogen and oxygen atoms in total. The second kappa shape index (κ2) is 3.02. The van der Waals surface area contributed by atoms with Gasteiger partial charge in [0, 0.05) is 0 Å². The number of aromatic carboxylic acids is 1. The maximum absolute atomic E-state index is 10.8. The molecule has 13 heavy (non-hydrogen) atoms. The third-order valence-electron chi connectivity index (χ3n) is 2.04. The van der Waals surface area contributed by atoms with Crippen LogP contribution in [0, 0.1) is 6.92 Å². The minimum atomic E-state index is -0.770. The van der Waals surface area contributed by atoms with Gasteiger partial charge in [-0.05, 0) is 0 Å². The molecule has 2 aromatic rings. The van der Waals surface area contributed by atoms with E-state index in [1.54, 1.807) is 0 Å². The van der Waals surface area contributed by atoms with Crippen LogP contribution in [0.2, 0.25) is 0 Å². The molecule has 0 saturated heterocycles. The van der Waals surface area contributed by atoms with Crippen molar-refractivity contribution in [2.45, 2.75) is 6.92 Å². The predicted molar refractivity (Wildman–Crippen MR) is 52.6 cm³/mol. The molecular formula is C10H8O2Se. The van der Waals surface area contributed by atoms with Crippen LogP contribution in [-0.2, 0) is 0 Å². The van der Waals surface area contributed by atoms with Gasteiger partial charge in [-0.3, -0.25) is 0 Å². The summed E-state index contributed by atoms with van der Waals surface area (Å²) in [6.07, 6.45) is 0. The molecule has 0 aliphatic heterocycles. The van der Waals surface area contributed by atoms with Gasteiger partial charge in [0.25, 0.3) is 0 Å². The van der Waals surface area contributed by atoms with Gasteiger partial charge in [-0.2, -0.15) is 0 Å². The normalized spacial score (nSPS) is 10.5. The van der Waals surface area contributed by atoms with E-state index in [0.717, 1.165) is 10.9 Å². The summed E-state index contributed by atoms with van der Waals surface area (Å²) in [6.45, 7) is 1.89. The van der Waals surface area contributed by atoms with Crippen molar-refractivity contribution in [1.82, 2.24) is 0 Å². The Kier molecular flexibility index (Phi) is 1.98. The summed E-state index contributed by atoms with van der Waals surface area (Å²) >= 11 is -0.00743. The number of rotatable bonds is 1. The van der Waals surface area contributed by atoms with E-state index in [-0.39, 0.29) is 14.5 Å². The molecule has 0 radical (unpaired) electrons. The summed E-state index contributed by atoms with van der Waals surface area (Å²) in [5, 5.41) is 10.0. The zero-order valence-electron chi connectivity index (χ0n) is 7.07. The van der Waals surface area contributed by atoms with Gasteiger partial charge in [0.15, 0.2) is 0 Å². The molecule has 0 aliphatic carbocycles. The van der Waals surface area contributed by atoms with E-state index in [1.165, 1.54) is 4.26 Å². The first-order valence-electron chi connectivity index (χ1n) is 3.91. The van der Waals surface area contributed by atoms with Crippen molar-refractivity contribution in [3.63, 3.8) is 0 Å². The van der Waals surface area contributed by atoms with Crippen molar-refractivity contribution in [1.29, 1.82) is 0 Å². The van der Waals surface area contributed by atoms with E-state index in [9.17, 15) is 4.79 Å². The molecule has 0 unspecified atom stereocenters. The molecule has 66 valence electrons. The van der Waals surface area contributed by atoms with Crippen molar-refractivity contribution in [3.8, 4) is 0 Å². The Balaban J connectivity index is 2.81. The summed E-state index contributed by atoms with van der Waals surface area (Å²) in [5.74, 6) is -0.770. The van der Waals surface area contributed by atoms with E-state index in [2.05, 4.69) is 0 Å². The molecule has 2 rings (SSSR count). The molecule has 0 amide bonds. The van der Waals surface area contributed by atoms with Gasteiger partial charge in [0.05, 0.1) is 0 Å². The van der Waals surface area contributed by atoms with Crippen LogP contribution in [0.15, 0.2) is 24.3 Å². The monoisotopic (exact) mass is 240 g/mol. The standard InChI is InChI=1S/C10H8O2Se/c1-6-7-4-2-3-5-8(7)13-9(6)10(11)12/h2-5H,1H3,(H,11,12). The number of aryl methyl sites for hydroxylation is 1. The second-order valence-electron chi connectivity index (χ2n) is 2.86. The van der Waals surface area contributed by atoms with Gasteiger partial charge in [0.2, 0.25) is 0 Å². The number of fused-ring (bicyclic) bond motifs is 1. The zero-order chi connectivity index (χ0) is 9.42. The average molecular weight is 239 g/mol. The molecule has 1 N–H and O–H groups in total. The van der Waals surface area contributed by atoms with Gasteiger partial charge < -0.3 is 0 Å². The summed E-state index contributed by atoms with van der Waals surface area (Å²) in [5.41, 5.74) is 0.933. The van der Waals surface area contributed by atoms with Crippen LogP contribution in [-0.4, -0.2) is 25.6 Å². The topological polar surface area (TPSA) is 37.3 Å². The zero-order valence-corrected chi connectivity index (χ0v) is 8.79. The number of carboxylic acid groups (broad SMARTS) is 1. The fraction of sp³-hybridized carbons (Fsp3) is 0.100. The summed E-state index contributed by atoms with van der Waals surface area (Å²) in [7, 11) is 0. The molecule has 0 saturated carbocycles. The van der Waals surface area contributed by atoms with E-state index in [4.69, 9.17) is 5.11 Å². The van der Waals surface area contributed by atoms with Gasteiger partial charge >= 0.3 is 81.2 Å². The molecular weight excluding hydrogens is 231 g/mol. The maximum atomic E-state index is 10.8. The summed E-state index contributed by atoms with van der Waals surface area (Å²) < 4.78 is 1.78. The Morgan fingerprint density at radius 3 is 2.69 bits per heavy atom. The van der Waals surface area contributed by atoms with Gasteiger partial charge in [-0.25, -0.2) is 0 Å². The van der Waals surface area contributed by atoms with Crippen molar-refractivity contribution in [2.24, 2.45) is 0 Å². The van der Waals surface area contributed by atoms with Crippen molar-refractivity contribution in [2.75, 3.05) is 0 Å². The fourth-order valence-electron chi connectivity index (χ4n) is 1.38. The van der Waals surface area contributed by atoms with Crippen LogP contribution in [0.5, 0.6) is 0 Å². The van der Waals surface area contributed by atoms with Gasteiger partial charge in [-0.1, -0.05) is 0 Å². The molecule has 0 spiro atoms. The van der Waals surface area contributed by atoms with Crippen LogP contribution >= 0.6 is 0 Å². The molecule has 1 heterocycles. The molecule has 1 aromatic heterocycles. The first-order valence-corrected chi connectivity index (χ1v) is 5.63. The quantitative estimate of drug-likeness (QED) is 0.772. The van der Waals surface area contributed by atoms with Crippen molar-refractivity contribution >= 4 is 30.1 Å². The average Bonchev–Trinajstić information content (AvgIpc) is 2.45. The first-order chi connectivity index (χ1) is 6.20. The Morgan fingerprint density at radius 1 is 1.38 bits per heavy atom. The molecule has 3 heteroatoms. The van der Waals surface area contributed by atoms with E-state index in [0.29, 0.717) is 4.44 Å². The Labute approximate surface area is 81.6 Å². The molecule has 0 aliphatic rings. The van der Waals surface area contributed by atoms with E-state index < -0.39 is 5.97 Å². The number of carbonyl (C=O) groups is 1. The van der Waals surface area contributed by atoms with Crippen molar-refractivity contribution in [3.05, 3.63) is 34.3 Å². The Morgan fingerprint density at radius 2 is 2.08 bits per heavy atom. The second-order valence-corrected chi connectivity index (χ2v) is 5.07. The summed E-state index contributed by atoms with van der Waals surface area (Å²) in [4.78, 5) is 10.8. The van der Waals surface area contributed by atoms with Crippen LogP contribution in [0.4, 0.5) is 0 Å². The van der Waals surface area contributed by atoms with Crippen molar-refractivity contribution < 1.29 is 9.90 Å². The van der Waals surface area contributed by atoms with Crippen LogP contribution in [0.3, 0.4) is 0 Å². The van der Waals surface area contributed by atoms with Gasteiger partial charge in [0.1, 0.15) is 0 Å².